The molecule has 3 aromatic rings. The predicted molar refractivity (Wildman–Crippen MR) is 115 cm³/mol. The number of carbonyl (C=O) groups is 2. The summed E-state index contributed by atoms with van der Waals surface area (Å²) in [4.78, 5) is 23.9. The number of aryl methyl sites for hydroxylation is 1. The molecule has 30 heavy (non-hydrogen) atoms. The number of hydrogen-bond acceptors (Lipinski definition) is 5. The molecule has 6 heteroatoms. The van der Waals surface area contributed by atoms with E-state index in [1.165, 1.54) is 20.1 Å². The van der Waals surface area contributed by atoms with Gasteiger partial charge in [0.15, 0.2) is 5.78 Å². The fourth-order valence-electron chi connectivity index (χ4n) is 3.18. The Bertz CT molecular complexity index is 1100. The minimum absolute atomic E-state index is 0.00864. The van der Waals surface area contributed by atoms with Crippen molar-refractivity contribution >= 4 is 17.8 Å². The van der Waals surface area contributed by atoms with E-state index in [1.54, 1.807) is 24.3 Å². The second kappa shape index (κ2) is 9.22. The first-order chi connectivity index (χ1) is 14.4. The molecule has 1 heterocycles. The van der Waals surface area contributed by atoms with Crippen LogP contribution in [0.1, 0.15) is 39.8 Å². The van der Waals surface area contributed by atoms with Gasteiger partial charge < -0.3 is 9.47 Å². The van der Waals surface area contributed by atoms with Crippen LogP contribution in [0.5, 0.6) is 5.75 Å². The SMILES string of the molecule is COc1ccc(C(C)=O)cc1COC(=O)/C=C/c1c(C)nn(-c2ccccc2)c1C. The van der Waals surface area contributed by atoms with Crippen molar-refractivity contribution in [2.24, 2.45) is 0 Å². The Hall–Kier alpha value is -3.67. The first-order valence-electron chi connectivity index (χ1n) is 9.55. The van der Waals surface area contributed by atoms with Gasteiger partial charge in [0, 0.05) is 28.5 Å². The molecule has 3 rings (SSSR count). The smallest absolute Gasteiger partial charge is 0.331 e. The van der Waals surface area contributed by atoms with E-state index in [0.717, 1.165) is 22.6 Å². The second-order valence-corrected chi connectivity index (χ2v) is 6.86. The van der Waals surface area contributed by atoms with Crippen molar-refractivity contribution in [3.63, 3.8) is 0 Å². The Morgan fingerprint density at radius 3 is 2.50 bits per heavy atom. The predicted octanol–water partition coefficient (Wildman–Crippen LogP) is 4.46. The summed E-state index contributed by atoms with van der Waals surface area (Å²) in [6.45, 7) is 5.35. The van der Waals surface area contributed by atoms with E-state index in [9.17, 15) is 9.59 Å². The van der Waals surface area contributed by atoms with E-state index in [-0.39, 0.29) is 12.4 Å². The summed E-state index contributed by atoms with van der Waals surface area (Å²) >= 11 is 0. The van der Waals surface area contributed by atoms with Gasteiger partial charge in [-0.15, -0.1) is 0 Å². The van der Waals surface area contributed by atoms with E-state index in [2.05, 4.69) is 5.10 Å². The van der Waals surface area contributed by atoms with Crippen LogP contribution in [0.3, 0.4) is 0 Å². The van der Waals surface area contributed by atoms with Crippen molar-refractivity contribution in [3.05, 3.63) is 82.7 Å². The van der Waals surface area contributed by atoms with Crippen molar-refractivity contribution in [2.45, 2.75) is 27.4 Å². The van der Waals surface area contributed by atoms with Crippen molar-refractivity contribution in [2.75, 3.05) is 7.11 Å². The van der Waals surface area contributed by atoms with E-state index in [0.29, 0.717) is 16.9 Å². The highest BCUT2D eigenvalue weighted by molar-refractivity contribution is 5.94. The van der Waals surface area contributed by atoms with Crippen LogP contribution in [-0.2, 0) is 16.1 Å². The van der Waals surface area contributed by atoms with Gasteiger partial charge in [-0.3, -0.25) is 4.79 Å². The lowest BCUT2D eigenvalue weighted by atomic mass is 10.1. The molecule has 0 N–H and O–H groups in total. The number of nitrogens with zero attached hydrogens (tertiary/aromatic N) is 2. The van der Waals surface area contributed by atoms with Gasteiger partial charge in [0.1, 0.15) is 12.4 Å². The first kappa shape index (κ1) is 21.0. The third kappa shape index (κ3) is 4.66. The fraction of sp³-hybridized carbons (Fsp3) is 0.208. The number of rotatable bonds is 7. The van der Waals surface area contributed by atoms with Crippen molar-refractivity contribution in [1.82, 2.24) is 9.78 Å². The number of para-hydroxylation sites is 1. The minimum Gasteiger partial charge on any atom is -0.496 e. The van der Waals surface area contributed by atoms with E-state index in [4.69, 9.17) is 9.47 Å². The number of hydrogen-bond donors (Lipinski definition) is 0. The molecule has 0 unspecified atom stereocenters. The minimum atomic E-state index is -0.489. The third-order valence-corrected chi connectivity index (χ3v) is 4.79. The molecule has 0 aliphatic carbocycles. The lowest BCUT2D eigenvalue weighted by Crippen LogP contribution is -2.04. The summed E-state index contributed by atoms with van der Waals surface area (Å²) in [5.74, 6) is 0.00986. The summed E-state index contributed by atoms with van der Waals surface area (Å²) < 4.78 is 12.5. The van der Waals surface area contributed by atoms with Crippen LogP contribution >= 0.6 is 0 Å². The Morgan fingerprint density at radius 1 is 1.10 bits per heavy atom. The number of ether oxygens (including phenoxy) is 2. The van der Waals surface area contributed by atoms with Gasteiger partial charge in [-0.1, -0.05) is 18.2 Å². The molecule has 0 bridgehead atoms. The van der Waals surface area contributed by atoms with Crippen molar-refractivity contribution in [3.8, 4) is 11.4 Å². The summed E-state index contributed by atoms with van der Waals surface area (Å²) in [7, 11) is 1.53. The maximum Gasteiger partial charge on any atom is 0.331 e. The van der Waals surface area contributed by atoms with Gasteiger partial charge in [-0.25, -0.2) is 9.48 Å². The molecule has 0 aliphatic heterocycles. The van der Waals surface area contributed by atoms with Crippen LogP contribution in [0.4, 0.5) is 0 Å². The maximum atomic E-state index is 12.3. The Balaban J connectivity index is 1.73. The molecule has 0 aliphatic rings. The number of carbonyl (C=O) groups excluding carboxylic acids is 2. The molecule has 0 spiro atoms. The van der Waals surface area contributed by atoms with Crippen LogP contribution in [0.2, 0.25) is 0 Å². The van der Waals surface area contributed by atoms with E-state index in [1.807, 2.05) is 48.9 Å². The molecule has 0 amide bonds. The molecular weight excluding hydrogens is 380 g/mol. The van der Waals surface area contributed by atoms with Crippen LogP contribution in [0, 0.1) is 13.8 Å². The highest BCUT2D eigenvalue weighted by Gasteiger charge is 2.12. The fourth-order valence-corrected chi connectivity index (χ4v) is 3.18. The molecule has 0 saturated heterocycles. The molecule has 0 fully saturated rings. The van der Waals surface area contributed by atoms with E-state index < -0.39 is 5.97 Å². The molecular formula is C24H24N2O4. The maximum absolute atomic E-state index is 12.3. The van der Waals surface area contributed by atoms with Crippen LogP contribution < -0.4 is 4.74 Å². The largest absolute Gasteiger partial charge is 0.496 e. The topological polar surface area (TPSA) is 70.4 Å². The van der Waals surface area contributed by atoms with Crippen LogP contribution in [-0.4, -0.2) is 28.6 Å². The van der Waals surface area contributed by atoms with Gasteiger partial charge in [0.05, 0.1) is 18.5 Å². The highest BCUT2D eigenvalue weighted by atomic mass is 16.5. The summed E-state index contributed by atoms with van der Waals surface area (Å²) in [6.07, 6.45) is 3.09. The molecule has 0 atom stereocenters. The van der Waals surface area contributed by atoms with Gasteiger partial charge in [0.25, 0.3) is 0 Å². The normalized spacial score (nSPS) is 10.9. The van der Waals surface area contributed by atoms with Crippen LogP contribution in [0.15, 0.2) is 54.6 Å². The zero-order valence-electron chi connectivity index (χ0n) is 17.5. The quantitative estimate of drug-likeness (QED) is 0.330. The molecule has 2 aromatic carbocycles. The van der Waals surface area contributed by atoms with Crippen molar-refractivity contribution in [1.29, 1.82) is 0 Å². The Labute approximate surface area is 175 Å². The summed E-state index contributed by atoms with van der Waals surface area (Å²) in [5.41, 5.74) is 4.74. The molecule has 0 saturated carbocycles. The monoisotopic (exact) mass is 404 g/mol. The van der Waals surface area contributed by atoms with Gasteiger partial charge in [-0.2, -0.15) is 5.10 Å². The average Bonchev–Trinajstić information content (AvgIpc) is 3.04. The number of esters is 1. The summed E-state index contributed by atoms with van der Waals surface area (Å²) in [6, 6.07) is 14.9. The standard InChI is InChI=1S/C24H24N2O4/c1-16-22(17(2)26(25-16)21-8-6-5-7-9-21)11-13-24(28)30-15-20-14-19(18(3)27)10-12-23(20)29-4/h5-14H,15H2,1-4H3/b13-11+. The third-order valence-electron chi connectivity index (χ3n) is 4.79. The number of methoxy groups -OCH3 is 1. The Kier molecular flexibility index (Phi) is 6.47. The van der Waals surface area contributed by atoms with Crippen molar-refractivity contribution < 1.29 is 19.1 Å². The van der Waals surface area contributed by atoms with Gasteiger partial charge in [-0.05, 0) is 57.2 Å². The van der Waals surface area contributed by atoms with Gasteiger partial charge >= 0.3 is 5.97 Å². The number of aromatic nitrogens is 2. The molecule has 1 aromatic heterocycles. The first-order valence-corrected chi connectivity index (χ1v) is 9.55. The highest BCUT2D eigenvalue weighted by Crippen LogP contribution is 2.22. The Morgan fingerprint density at radius 2 is 1.83 bits per heavy atom. The van der Waals surface area contributed by atoms with Crippen LogP contribution in [0.25, 0.3) is 11.8 Å². The summed E-state index contributed by atoms with van der Waals surface area (Å²) in [5, 5.41) is 4.57. The average molecular weight is 404 g/mol. The van der Waals surface area contributed by atoms with E-state index >= 15 is 0 Å². The number of benzene rings is 2. The zero-order valence-corrected chi connectivity index (χ0v) is 17.5. The molecule has 6 nitrogen and oxygen atoms in total. The number of ketones is 1. The van der Waals surface area contributed by atoms with Gasteiger partial charge in [0.2, 0.25) is 0 Å². The lowest BCUT2D eigenvalue weighted by molar-refractivity contribution is -0.138. The second-order valence-electron chi connectivity index (χ2n) is 6.86. The molecule has 154 valence electrons. The number of Topliss-reactive ketones (excluding diaryl/α,β-unsaturated/α-hetero) is 1. The molecule has 0 radical (unpaired) electrons. The lowest BCUT2D eigenvalue weighted by Gasteiger charge is -2.09. The zero-order chi connectivity index (χ0) is 21.7.